The van der Waals surface area contributed by atoms with Gasteiger partial charge in [0.25, 0.3) is 0 Å². The second-order valence-electron chi connectivity index (χ2n) is 5.17. The van der Waals surface area contributed by atoms with Crippen molar-refractivity contribution in [1.29, 1.82) is 0 Å². The van der Waals surface area contributed by atoms with Gasteiger partial charge in [-0.05, 0) is 37.9 Å². The van der Waals surface area contributed by atoms with Crippen molar-refractivity contribution in [2.45, 2.75) is 39.7 Å². The van der Waals surface area contributed by atoms with Gasteiger partial charge in [0.15, 0.2) is 0 Å². The summed E-state index contributed by atoms with van der Waals surface area (Å²) in [4.78, 5) is 0. The molecule has 1 aromatic carbocycles. The average molecular weight is 319 g/mol. The van der Waals surface area contributed by atoms with Crippen LogP contribution in [0.25, 0.3) is 0 Å². The number of halogens is 1. The number of nitrogens with one attached hydrogen (secondary N) is 2. The van der Waals surface area contributed by atoms with E-state index in [4.69, 9.17) is 11.6 Å². The molecule has 0 radical (unpaired) electrons. The van der Waals surface area contributed by atoms with E-state index in [2.05, 4.69) is 23.9 Å². The summed E-state index contributed by atoms with van der Waals surface area (Å²) in [6, 6.07) is 5.73. The minimum atomic E-state index is -3.34. The number of benzene rings is 1. The average Bonchev–Trinajstić information content (AvgIpc) is 2.33. The molecule has 0 aliphatic heterocycles. The van der Waals surface area contributed by atoms with Gasteiger partial charge in [-0.3, -0.25) is 4.72 Å². The van der Waals surface area contributed by atoms with Gasteiger partial charge in [0, 0.05) is 6.04 Å². The van der Waals surface area contributed by atoms with Crippen LogP contribution in [-0.2, 0) is 10.0 Å². The number of unbranched alkanes of at least 4 members (excludes halogenated alkanes) is 1. The van der Waals surface area contributed by atoms with E-state index in [1.54, 1.807) is 12.1 Å². The van der Waals surface area contributed by atoms with Gasteiger partial charge in [0.2, 0.25) is 10.0 Å². The van der Waals surface area contributed by atoms with Crippen LogP contribution >= 0.6 is 11.6 Å². The van der Waals surface area contributed by atoms with Crippen LogP contribution in [0.5, 0.6) is 0 Å². The van der Waals surface area contributed by atoms with Crippen LogP contribution in [0.3, 0.4) is 0 Å². The Bertz CT molecular complexity index is 510. The highest BCUT2D eigenvalue weighted by Crippen LogP contribution is 2.26. The first-order chi connectivity index (χ1) is 9.32. The zero-order valence-electron chi connectivity index (χ0n) is 12.2. The minimum absolute atomic E-state index is 0.109. The molecular formula is C14H23ClN2O2S. The van der Waals surface area contributed by atoms with Crippen LogP contribution in [0.15, 0.2) is 18.2 Å². The third-order valence-corrected chi connectivity index (χ3v) is 4.53. The molecule has 0 amide bonds. The SMILES string of the molecule is Cc1cccc(Cl)c1NS(=O)(=O)CCCCNC(C)C. The fraction of sp³-hybridized carbons (Fsp3) is 0.571. The van der Waals surface area contributed by atoms with E-state index in [1.165, 1.54) is 0 Å². The maximum absolute atomic E-state index is 12.0. The van der Waals surface area contributed by atoms with Crippen LogP contribution in [0.2, 0.25) is 5.02 Å². The largest absolute Gasteiger partial charge is 0.315 e. The third kappa shape index (κ3) is 6.11. The summed E-state index contributed by atoms with van der Waals surface area (Å²) in [6.07, 6.45) is 1.46. The number of sulfonamides is 1. The Morgan fingerprint density at radius 1 is 1.25 bits per heavy atom. The van der Waals surface area contributed by atoms with E-state index in [1.807, 2.05) is 13.0 Å². The lowest BCUT2D eigenvalue weighted by Gasteiger charge is -2.12. The van der Waals surface area contributed by atoms with Crippen molar-refractivity contribution in [2.24, 2.45) is 0 Å². The summed E-state index contributed by atoms with van der Waals surface area (Å²) in [5.74, 6) is 0.109. The number of anilines is 1. The highest BCUT2D eigenvalue weighted by atomic mass is 35.5. The van der Waals surface area contributed by atoms with Crippen molar-refractivity contribution < 1.29 is 8.42 Å². The van der Waals surface area contributed by atoms with Crippen molar-refractivity contribution in [2.75, 3.05) is 17.0 Å². The molecule has 20 heavy (non-hydrogen) atoms. The van der Waals surface area contributed by atoms with E-state index in [9.17, 15) is 8.42 Å². The van der Waals surface area contributed by atoms with Gasteiger partial charge < -0.3 is 5.32 Å². The van der Waals surface area contributed by atoms with Crippen LogP contribution in [0, 0.1) is 6.92 Å². The Morgan fingerprint density at radius 2 is 1.95 bits per heavy atom. The van der Waals surface area contributed by atoms with Crippen molar-refractivity contribution in [1.82, 2.24) is 5.32 Å². The Hall–Kier alpha value is -0.780. The zero-order chi connectivity index (χ0) is 15.2. The fourth-order valence-corrected chi connectivity index (χ4v) is 3.37. The monoisotopic (exact) mass is 318 g/mol. The predicted octanol–water partition coefficient (Wildman–Crippen LogP) is 3.17. The lowest BCUT2D eigenvalue weighted by molar-refractivity contribution is 0.561. The standard InChI is InChI=1S/C14H23ClN2O2S/c1-11(2)16-9-4-5-10-20(18,19)17-14-12(3)7-6-8-13(14)15/h6-8,11,16-17H,4-5,9-10H2,1-3H3. The molecule has 1 aromatic rings. The topological polar surface area (TPSA) is 58.2 Å². The van der Waals surface area contributed by atoms with E-state index in [0.717, 1.165) is 18.5 Å². The quantitative estimate of drug-likeness (QED) is 0.724. The number of para-hydroxylation sites is 1. The Morgan fingerprint density at radius 3 is 2.55 bits per heavy atom. The summed E-state index contributed by atoms with van der Waals surface area (Å²) in [5, 5.41) is 3.69. The van der Waals surface area contributed by atoms with Crippen molar-refractivity contribution in [3.63, 3.8) is 0 Å². The van der Waals surface area contributed by atoms with E-state index in [-0.39, 0.29) is 5.75 Å². The molecule has 0 aromatic heterocycles. The van der Waals surface area contributed by atoms with Crippen LogP contribution in [0.1, 0.15) is 32.3 Å². The molecule has 0 aliphatic carbocycles. The van der Waals surface area contributed by atoms with Crippen LogP contribution < -0.4 is 10.0 Å². The fourth-order valence-electron chi connectivity index (χ4n) is 1.78. The van der Waals surface area contributed by atoms with Gasteiger partial charge in [0.1, 0.15) is 0 Å². The first kappa shape index (κ1) is 17.3. The van der Waals surface area contributed by atoms with E-state index in [0.29, 0.717) is 23.2 Å². The smallest absolute Gasteiger partial charge is 0.232 e. The zero-order valence-corrected chi connectivity index (χ0v) is 13.8. The van der Waals surface area contributed by atoms with E-state index < -0.39 is 10.0 Å². The maximum atomic E-state index is 12.0. The molecule has 0 bridgehead atoms. The molecule has 2 N–H and O–H groups in total. The number of aryl methyl sites for hydroxylation is 1. The highest BCUT2D eigenvalue weighted by molar-refractivity contribution is 7.92. The molecule has 0 spiro atoms. The maximum Gasteiger partial charge on any atom is 0.232 e. The molecule has 0 aliphatic rings. The highest BCUT2D eigenvalue weighted by Gasteiger charge is 2.13. The van der Waals surface area contributed by atoms with E-state index >= 15 is 0 Å². The molecule has 0 saturated heterocycles. The second kappa shape index (κ2) is 7.86. The van der Waals surface area contributed by atoms with Gasteiger partial charge in [0.05, 0.1) is 16.5 Å². The van der Waals surface area contributed by atoms with Gasteiger partial charge in [-0.1, -0.05) is 37.6 Å². The number of hydrogen-bond donors (Lipinski definition) is 2. The van der Waals surface area contributed by atoms with Crippen LogP contribution in [0.4, 0.5) is 5.69 Å². The second-order valence-corrected chi connectivity index (χ2v) is 7.42. The number of rotatable bonds is 8. The summed E-state index contributed by atoms with van der Waals surface area (Å²) in [7, 11) is -3.34. The van der Waals surface area contributed by atoms with Gasteiger partial charge in [-0.15, -0.1) is 0 Å². The molecule has 0 atom stereocenters. The van der Waals surface area contributed by atoms with Crippen molar-refractivity contribution in [3.8, 4) is 0 Å². The Labute approximate surface area is 127 Å². The molecular weight excluding hydrogens is 296 g/mol. The normalized spacial score (nSPS) is 11.8. The minimum Gasteiger partial charge on any atom is -0.315 e. The van der Waals surface area contributed by atoms with Crippen molar-refractivity contribution >= 4 is 27.3 Å². The summed E-state index contributed by atoms with van der Waals surface area (Å²) in [6.45, 7) is 6.80. The number of hydrogen-bond acceptors (Lipinski definition) is 3. The molecule has 4 nitrogen and oxygen atoms in total. The lowest BCUT2D eigenvalue weighted by atomic mass is 10.2. The molecule has 0 saturated carbocycles. The summed E-state index contributed by atoms with van der Waals surface area (Å²) in [5.41, 5.74) is 1.30. The molecule has 6 heteroatoms. The Kier molecular flexibility index (Phi) is 6.79. The summed E-state index contributed by atoms with van der Waals surface area (Å²) < 4.78 is 26.6. The molecule has 1 rings (SSSR count). The molecule has 0 fully saturated rings. The summed E-state index contributed by atoms with van der Waals surface area (Å²) >= 11 is 6.02. The lowest BCUT2D eigenvalue weighted by Crippen LogP contribution is -2.24. The van der Waals surface area contributed by atoms with Gasteiger partial charge in [-0.25, -0.2) is 8.42 Å². The molecule has 0 heterocycles. The van der Waals surface area contributed by atoms with Gasteiger partial charge >= 0.3 is 0 Å². The van der Waals surface area contributed by atoms with Gasteiger partial charge in [-0.2, -0.15) is 0 Å². The Balaban J connectivity index is 2.50. The van der Waals surface area contributed by atoms with Crippen LogP contribution in [-0.4, -0.2) is 26.8 Å². The predicted molar refractivity (Wildman–Crippen MR) is 86.0 cm³/mol. The third-order valence-electron chi connectivity index (χ3n) is 2.87. The first-order valence-electron chi connectivity index (χ1n) is 6.81. The van der Waals surface area contributed by atoms with Crippen molar-refractivity contribution in [3.05, 3.63) is 28.8 Å². The molecule has 0 unspecified atom stereocenters. The molecule has 114 valence electrons. The first-order valence-corrected chi connectivity index (χ1v) is 8.84.